The third-order valence-corrected chi connectivity index (χ3v) is 5.60. The van der Waals surface area contributed by atoms with Crippen molar-refractivity contribution in [3.8, 4) is 29.0 Å². The number of hydrogen-bond acceptors (Lipinski definition) is 4. The van der Waals surface area contributed by atoms with E-state index >= 15 is 4.39 Å². The van der Waals surface area contributed by atoms with Crippen molar-refractivity contribution >= 4 is 11.6 Å². The third-order valence-electron chi connectivity index (χ3n) is 5.37. The summed E-state index contributed by atoms with van der Waals surface area (Å²) in [5.74, 6) is 0.411. The first-order valence-electron chi connectivity index (χ1n) is 10.0. The first-order valence-corrected chi connectivity index (χ1v) is 10.4. The number of nitriles is 2. The van der Waals surface area contributed by atoms with E-state index in [9.17, 15) is 5.26 Å². The molecule has 0 radical (unpaired) electrons. The molecule has 0 N–H and O–H groups in total. The predicted molar refractivity (Wildman–Crippen MR) is 123 cm³/mol. The van der Waals surface area contributed by atoms with E-state index < -0.39 is 5.67 Å². The van der Waals surface area contributed by atoms with Crippen molar-refractivity contribution < 1.29 is 9.13 Å². The van der Waals surface area contributed by atoms with Crippen LogP contribution in [0, 0.1) is 22.7 Å². The van der Waals surface area contributed by atoms with Crippen molar-refractivity contribution in [3.63, 3.8) is 0 Å². The third kappa shape index (κ3) is 4.43. The van der Waals surface area contributed by atoms with Crippen molar-refractivity contribution in [2.24, 2.45) is 7.05 Å². The molecular weight excluding hydrogens is 439 g/mol. The highest BCUT2D eigenvalue weighted by atomic mass is 35.5. The Hall–Kier alpha value is -4.13. The van der Waals surface area contributed by atoms with Crippen LogP contribution in [0.2, 0.25) is 5.02 Å². The van der Waals surface area contributed by atoms with Gasteiger partial charge in [-0.05, 0) is 53.6 Å². The lowest BCUT2D eigenvalue weighted by atomic mass is 9.92. The van der Waals surface area contributed by atoms with Gasteiger partial charge in [0.1, 0.15) is 12.4 Å². The number of imidazole rings is 1. The van der Waals surface area contributed by atoms with Gasteiger partial charge in [0.15, 0.2) is 0 Å². The number of hydrogen-bond donors (Lipinski definition) is 0. The Morgan fingerprint density at radius 1 is 1.03 bits per heavy atom. The van der Waals surface area contributed by atoms with Gasteiger partial charge in [0.2, 0.25) is 5.67 Å². The lowest BCUT2D eigenvalue weighted by molar-refractivity contribution is 0.115. The topological polar surface area (TPSA) is 74.6 Å². The molecule has 0 aliphatic rings. The number of benzene rings is 3. The molecule has 0 aliphatic heterocycles. The highest BCUT2D eigenvalue weighted by molar-refractivity contribution is 6.30. The summed E-state index contributed by atoms with van der Waals surface area (Å²) >= 11 is 6.16. The molecule has 162 valence electrons. The Morgan fingerprint density at radius 3 is 2.39 bits per heavy atom. The van der Waals surface area contributed by atoms with E-state index in [2.05, 4.69) is 11.1 Å². The second-order valence-corrected chi connectivity index (χ2v) is 7.94. The van der Waals surface area contributed by atoms with E-state index in [0.29, 0.717) is 38.7 Å². The first kappa shape index (κ1) is 22.1. The molecule has 1 atom stereocenters. The average molecular weight is 457 g/mol. The summed E-state index contributed by atoms with van der Waals surface area (Å²) < 4.78 is 24.3. The molecule has 0 saturated heterocycles. The summed E-state index contributed by atoms with van der Waals surface area (Å²) in [7, 11) is 1.71. The lowest BCUT2D eigenvalue weighted by Crippen LogP contribution is -2.32. The van der Waals surface area contributed by atoms with Crippen molar-refractivity contribution in [2.75, 3.05) is 6.61 Å². The van der Waals surface area contributed by atoms with Crippen molar-refractivity contribution in [1.29, 1.82) is 10.5 Å². The molecule has 7 heteroatoms. The Bertz CT molecular complexity index is 1380. The summed E-state index contributed by atoms with van der Waals surface area (Å²) in [6.07, 6.45) is 2.98. The van der Waals surface area contributed by atoms with Gasteiger partial charge in [-0.1, -0.05) is 35.9 Å². The fourth-order valence-corrected chi connectivity index (χ4v) is 3.83. The van der Waals surface area contributed by atoms with Gasteiger partial charge in [-0.3, -0.25) is 0 Å². The molecule has 1 unspecified atom stereocenters. The van der Waals surface area contributed by atoms with Gasteiger partial charge in [0.25, 0.3) is 0 Å². The Morgan fingerprint density at radius 2 is 1.76 bits per heavy atom. The molecule has 4 aromatic rings. The van der Waals surface area contributed by atoms with Gasteiger partial charge in [-0.2, -0.15) is 10.5 Å². The van der Waals surface area contributed by atoms with Gasteiger partial charge in [-0.25, -0.2) is 9.37 Å². The van der Waals surface area contributed by atoms with Crippen LogP contribution < -0.4 is 4.74 Å². The SMILES string of the molecule is Cn1cncc1C(F)(COc1ccc(C#N)cc1-c1cccc(Cl)c1)c1ccc(C#N)cc1. The van der Waals surface area contributed by atoms with Crippen molar-refractivity contribution in [2.45, 2.75) is 5.67 Å². The molecule has 5 nitrogen and oxygen atoms in total. The van der Waals surface area contributed by atoms with Crippen LogP contribution in [0.4, 0.5) is 4.39 Å². The zero-order valence-electron chi connectivity index (χ0n) is 17.7. The van der Waals surface area contributed by atoms with Crippen molar-refractivity contribution in [3.05, 3.63) is 107 Å². The molecule has 1 heterocycles. The maximum absolute atomic E-state index is 16.7. The van der Waals surface area contributed by atoms with Crippen LogP contribution in [-0.4, -0.2) is 16.2 Å². The van der Waals surface area contributed by atoms with E-state index in [1.54, 1.807) is 72.3 Å². The summed E-state index contributed by atoms with van der Waals surface area (Å²) in [6.45, 7) is -0.349. The zero-order chi connectivity index (χ0) is 23.4. The van der Waals surface area contributed by atoms with E-state index in [4.69, 9.17) is 21.6 Å². The molecule has 0 bridgehead atoms. The highest BCUT2D eigenvalue weighted by Gasteiger charge is 2.38. The van der Waals surface area contributed by atoms with Gasteiger partial charge >= 0.3 is 0 Å². The van der Waals surface area contributed by atoms with Crippen LogP contribution in [0.1, 0.15) is 22.4 Å². The summed E-state index contributed by atoms with van der Waals surface area (Å²) in [5.41, 5.74) is 0.860. The maximum Gasteiger partial charge on any atom is 0.210 e. The molecule has 0 saturated carbocycles. The van der Waals surface area contributed by atoms with Crippen LogP contribution in [-0.2, 0) is 12.7 Å². The van der Waals surface area contributed by atoms with Crippen LogP contribution in [0.25, 0.3) is 11.1 Å². The Kier molecular flexibility index (Phi) is 6.13. The van der Waals surface area contributed by atoms with Gasteiger partial charge in [0.05, 0.1) is 41.5 Å². The van der Waals surface area contributed by atoms with E-state index in [1.807, 2.05) is 12.1 Å². The van der Waals surface area contributed by atoms with E-state index in [-0.39, 0.29) is 6.61 Å². The standard InChI is InChI=1S/C26H18ClFN4O/c1-32-17-31-15-25(32)26(28,21-8-5-18(13-29)6-9-21)16-33-24-10-7-19(14-30)11-23(24)20-3-2-4-22(27)12-20/h2-12,15,17H,16H2,1H3. The molecule has 0 amide bonds. The van der Waals surface area contributed by atoms with Gasteiger partial charge in [0, 0.05) is 17.6 Å². The maximum atomic E-state index is 16.7. The summed E-state index contributed by atoms with van der Waals surface area (Å²) in [6, 6.07) is 22.6. The molecule has 33 heavy (non-hydrogen) atoms. The fourth-order valence-electron chi connectivity index (χ4n) is 3.64. The zero-order valence-corrected chi connectivity index (χ0v) is 18.4. The predicted octanol–water partition coefficient (Wildman–Crippen LogP) is 5.78. The average Bonchev–Trinajstić information content (AvgIpc) is 3.29. The second-order valence-electron chi connectivity index (χ2n) is 7.50. The number of nitrogens with zero attached hydrogens (tertiary/aromatic N) is 4. The number of aryl methyl sites for hydroxylation is 1. The lowest BCUT2D eigenvalue weighted by Gasteiger charge is -2.27. The Balaban J connectivity index is 1.75. The molecule has 0 aliphatic carbocycles. The molecule has 4 rings (SSSR count). The van der Waals surface area contributed by atoms with Crippen LogP contribution in [0.3, 0.4) is 0 Å². The molecule has 3 aromatic carbocycles. The summed E-state index contributed by atoms with van der Waals surface area (Å²) in [4.78, 5) is 4.06. The largest absolute Gasteiger partial charge is 0.489 e. The monoisotopic (exact) mass is 456 g/mol. The number of ether oxygens (including phenoxy) is 1. The molecule has 0 spiro atoms. The summed E-state index contributed by atoms with van der Waals surface area (Å²) in [5, 5.41) is 19.0. The first-order chi connectivity index (χ1) is 15.9. The van der Waals surface area contributed by atoms with Crippen LogP contribution in [0.15, 0.2) is 79.3 Å². The van der Waals surface area contributed by atoms with Crippen LogP contribution in [0.5, 0.6) is 5.75 Å². The quantitative estimate of drug-likeness (QED) is 0.369. The van der Waals surface area contributed by atoms with Crippen LogP contribution >= 0.6 is 11.6 Å². The van der Waals surface area contributed by atoms with Gasteiger partial charge < -0.3 is 9.30 Å². The minimum absolute atomic E-state index is 0.310. The van der Waals surface area contributed by atoms with Crippen molar-refractivity contribution in [1.82, 2.24) is 9.55 Å². The Labute approximate surface area is 195 Å². The number of rotatable bonds is 6. The molecular formula is C26H18ClFN4O. The fraction of sp³-hybridized carbons (Fsp3) is 0.115. The normalized spacial score (nSPS) is 12.4. The number of alkyl halides is 1. The van der Waals surface area contributed by atoms with E-state index in [1.165, 1.54) is 12.5 Å². The minimum atomic E-state index is -2.04. The number of aromatic nitrogens is 2. The second kappa shape index (κ2) is 9.16. The number of halogens is 2. The van der Waals surface area contributed by atoms with E-state index in [0.717, 1.165) is 5.56 Å². The molecule has 0 fully saturated rings. The molecule has 1 aromatic heterocycles. The smallest absolute Gasteiger partial charge is 0.210 e. The minimum Gasteiger partial charge on any atom is -0.489 e. The van der Waals surface area contributed by atoms with Gasteiger partial charge in [-0.15, -0.1) is 0 Å². The highest BCUT2D eigenvalue weighted by Crippen LogP contribution is 2.37.